The van der Waals surface area contributed by atoms with E-state index in [0.29, 0.717) is 27.8 Å². The number of ether oxygens (including phenoxy) is 2. The number of aliphatic hydroxyl groups is 2. The highest BCUT2D eigenvalue weighted by Crippen LogP contribution is 2.50. The van der Waals surface area contributed by atoms with Crippen LogP contribution < -0.4 is 0 Å². The summed E-state index contributed by atoms with van der Waals surface area (Å²) in [6.07, 6.45) is 2.90. The zero-order valence-electron chi connectivity index (χ0n) is 19.4. The number of allylic oxidation sites excluding steroid dienone is 2. The van der Waals surface area contributed by atoms with Gasteiger partial charge in [0.25, 0.3) is 0 Å². The third kappa shape index (κ3) is 4.11. The van der Waals surface area contributed by atoms with Crippen LogP contribution in [0.15, 0.2) is 53.5 Å². The summed E-state index contributed by atoms with van der Waals surface area (Å²) in [5, 5.41) is 58.6. The van der Waals surface area contributed by atoms with Gasteiger partial charge in [-0.25, -0.2) is 4.79 Å². The van der Waals surface area contributed by atoms with Gasteiger partial charge in [0.2, 0.25) is 11.5 Å². The SMILES string of the molecule is CCOC(=O)c1c(C)cc(O)cc1O.O=C1C=CC2=C3c4cc(O)c(O)cc4CC3(O)COC2=C1O. The van der Waals surface area contributed by atoms with Crippen molar-refractivity contribution in [3.05, 3.63) is 75.8 Å². The van der Waals surface area contributed by atoms with Crippen LogP contribution in [0.2, 0.25) is 0 Å². The Bertz CT molecular complexity index is 1360. The molecule has 1 unspecified atom stereocenters. The summed E-state index contributed by atoms with van der Waals surface area (Å²) >= 11 is 0. The lowest BCUT2D eigenvalue weighted by atomic mass is 9.85. The van der Waals surface area contributed by atoms with Crippen molar-refractivity contribution in [2.24, 2.45) is 0 Å². The van der Waals surface area contributed by atoms with Crippen molar-refractivity contribution in [1.29, 1.82) is 0 Å². The van der Waals surface area contributed by atoms with Crippen LogP contribution in [0, 0.1) is 6.92 Å². The van der Waals surface area contributed by atoms with Crippen LogP contribution in [0.25, 0.3) is 5.57 Å². The first-order valence-electron chi connectivity index (χ1n) is 11.0. The molecule has 0 amide bonds. The number of phenols is 4. The molecule has 0 fully saturated rings. The number of aliphatic hydroxyl groups excluding tert-OH is 1. The Balaban J connectivity index is 0.000000189. The lowest BCUT2D eigenvalue weighted by Crippen LogP contribution is -2.39. The van der Waals surface area contributed by atoms with Gasteiger partial charge < -0.3 is 40.1 Å². The Morgan fingerprint density at radius 1 is 1.03 bits per heavy atom. The molecule has 0 spiro atoms. The van der Waals surface area contributed by atoms with E-state index >= 15 is 0 Å². The zero-order valence-corrected chi connectivity index (χ0v) is 19.4. The predicted molar refractivity (Wildman–Crippen MR) is 126 cm³/mol. The van der Waals surface area contributed by atoms with Gasteiger partial charge in [-0.1, -0.05) is 0 Å². The van der Waals surface area contributed by atoms with Crippen molar-refractivity contribution in [3.8, 4) is 23.0 Å². The maximum Gasteiger partial charge on any atom is 0.342 e. The maximum absolute atomic E-state index is 11.5. The molecule has 1 atom stereocenters. The van der Waals surface area contributed by atoms with Gasteiger partial charge in [0.05, 0.1) is 6.61 Å². The first kappa shape index (κ1) is 24.7. The number of hydrogen-bond acceptors (Lipinski definition) is 10. The number of rotatable bonds is 2. The quantitative estimate of drug-likeness (QED) is 0.268. The van der Waals surface area contributed by atoms with Crippen LogP contribution in [0.3, 0.4) is 0 Å². The van der Waals surface area contributed by atoms with Crippen molar-refractivity contribution >= 4 is 17.3 Å². The van der Waals surface area contributed by atoms with Crippen LogP contribution in [0.5, 0.6) is 23.0 Å². The number of hydrogen-bond donors (Lipinski definition) is 6. The second-order valence-corrected chi connectivity index (χ2v) is 8.54. The number of esters is 1. The number of benzene rings is 2. The number of aromatic hydroxyl groups is 4. The number of ketones is 1. The number of fused-ring (bicyclic) bond motifs is 4. The highest BCUT2D eigenvalue weighted by atomic mass is 16.5. The summed E-state index contributed by atoms with van der Waals surface area (Å²) < 4.78 is 10.1. The van der Waals surface area contributed by atoms with E-state index in [1.165, 1.54) is 30.4 Å². The molecule has 1 aliphatic heterocycles. The Labute approximate surface area is 205 Å². The van der Waals surface area contributed by atoms with E-state index in [2.05, 4.69) is 0 Å². The van der Waals surface area contributed by atoms with Crippen molar-refractivity contribution < 1.29 is 49.7 Å². The first-order chi connectivity index (χ1) is 17.0. The van der Waals surface area contributed by atoms with E-state index in [1.807, 2.05) is 0 Å². The summed E-state index contributed by atoms with van der Waals surface area (Å²) in [5.74, 6) is -2.50. The third-order valence-corrected chi connectivity index (χ3v) is 6.02. The van der Waals surface area contributed by atoms with Gasteiger partial charge in [0.15, 0.2) is 17.3 Å². The molecule has 1 heterocycles. The number of carbonyl (C=O) groups excluding carboxylic acids is 2. The minimum Gasteiger partial charge on any atom is -0.508 e. The summed E-state index contributed by atoms with van der Waals surface area (Å²) in [7, 11) is 0. The lowest BCUT2D eigenvalue weighted by Gasteiger charge is -2.33. The van der Waals surface area contributed by atoms with E-state index in [4.69, 9.17) is 14.6 Å². The molecule has 0 saturated carbocycles. The van der Waals surface area contributed by atoms with Crippen LogP contribution >= 0.6 is 0 Å². The van der Waals surface area contributed by atoms with Crippen LogP contribution in [0.4, 0.5) is 0 Å². The van der Waals surface area contributed by atoms with Gasteiger partial charge in [-0.05, 0) is 60.9 Å². The smallest absolute Gasteiger partial charge is 0.342 e. The van der Waals surface area contributed by atoms with Gasteiger partial charge in [-0.15, -0.1) is 0 Å². The second kappa shape index (κ2) is 8.97. The Morgan fingerprint density at radius 2 is 1.72 bits per heavy atom. The first-order valence-corrected chi connectivity index (χ1v) is 11.0. The highest BCUT2D eigenvalue weighted by molar-refractivity contribution is 6.06. The van der Waals surface area contributed by atoms with Crippen molar-refractivity contribution in [1.82, 2.24) is 0 Å². The fourth-order valence-electron chi connectivity index (χ4n) is 4.48. The van der Waals surface area contributed by atoms with Crippen LogP contribution in [-0.2, 0) is 20.7 Å². The van der Waals surface area contributed by atoms with Crippen LogP contribution in [-0.4, -0.2) is 61.2 Å². The number of aryl methyl sites for hydroxylation is 1. The van der Waals surface area contributed by atoms with E-state index in [0.717, 1.165) is 6.07 Å². The maximum atomic E-state index is 11.5. The molecule has 0 aromatic heterocycles. The molecule has 0 bridgehead atoms. The molecule has 10 nitrogen and oxygen atoms in total. The molecule has 0 radical (unpaired) electrons. The van der Waals surface area contributed by atoms with Gasteiger partial charge >= 0.3 is 5.97 Å². The summed E-state index contributed by atoms with van der Waals surface area (Å²) in [5.41, 5.74) is 1.39. The van der Waals surface area contributed by atoms with Gasteiger partial charge in [-0.2, -0.15) is 0 Å². The standard InChI is InChI=1S/C16H12O6.C10H12O4/c17-10-2-1-8-13-9-4-12(19)11(18)3-7(9)5-16(13,21)6-22-15(8)14(10)20;1-3-14-10(13)9-6(2)4-7(11)5-8(9)12/h1-4,18-21H,5-6H2;4-5,11-12H,3H2,1-2H3. The molecule has 3 aliphatic rings. The average Bonchev–Trinajstić information content (AvgIpc) is 3.08. The molecule has 6 N–H and O–H groups in total. The normalized spacial score (nSPS) is 19.6. The van der Waals surface area contributed by atoms with Crippen LogP contribution in [0.1, 0.15) is 34.0 Å². The largest absolute Gasteiger partial charge is 0.508 e. The predicted octanol–water partition coefficient (Wildman–Crippen LogP) is 2.66. The zero-order chi connectivity index (χ0) is 26.4. The lowest BCUT2D eigenvalue weighted by molar-refractivity contribution is -0.114. The molecule has 0 saturated heterocycles. The van der Waals surface area contributed by atoms with Crippen molar-refractivity contribution in [2.45, 2.75) is 25.9 Å². The Kier molecular flexibility index (Phi) is 6.15. The molecule has 36 heavy (non-hydrogen) atoms. The van der Waals surface area contributed by atoms with Crippen molar-refractivity contribution in [3.63, 3.8) is 0 Å². The average molecular weight is 496 g/mol. The molecular formula is C26H24O10. The minimum absolute atomic E-state index is 0.0348. The van der Waals surface area contributed by atoms with Crippen molar-refractivity contribution in [2.75, 3.05) is 13.2 Å². The summed E-state index contributed by atoms with van der Waals surface area (Å²) in [6, 6.07) is 5.27. The Hall–Kier alpha value is -4.44. The monoisotopic (exact) mass is 496 g/mol. The van der Waals surface area contributed by atoms with Gasteiger partial charge in [-0.3, -0.25) is 4.79 Å². The van der Waals surface area contributed by atoms with E-state index < -0.39 is 23.1 Å². The van der Waals surface area contributed by atoms with E-state index in [1.54, 1.807) is 13.8 Å². The molecule has 188 valence electrons. The number of carbonyl (C=O) groups is 2. The molecule has 2 aliphatic carbocycles. The molecular weight excluding hydrogens is 472 g/mol. The summed E-state index contributed by atoms with van der Waals surface area (Å²) in [4.78, 5) is 22.9. The van der Waals surface area contributed by atoms with Gasteiger partial charge in [0.1, 0.15) is 29.3 Å². The highest BCUT2D eigenvalue weighted by Gasteiger charge is 2.47. The minimum atomic E-state index is -1.33. The molecule has 10 heteroatoms. The topological polar surface area (TPSA) is 174 Å². The van der Waals surface area contributed by atoms with E-state index in [9.17, 15) is 35.1 Å². The van der Waals surface area contributed by atoms with Gasteiger partial charge in [0, 0.05) is 23.6 Å². The second-order valence-electron chi connectivity index (χ2n) is 8.54. The fraction of sp³-hybridized carbons (Fsp3) is 0.231. The Morgan fingerprint density at radius 3 is 2.39 bits per heavy atom. The van der Waals surface area contributed by atoms with E-state index in [-0.39, 0.29) is 54.0 Å². The third-order valence-electron chi connectivity index (χ3n) is 6.02. The summed E-state index contributed by atoms with van der Waals surface area (Å²) in [6.45, 7) is 3.43. The molecule has 2 aromatic carbocycles. The molecule has 2 aromatic rings. The molecule has 5 rings (SSSR count). The fourth-order valence-corrected chi connectivity index (χ4v) is 4.48. The number of phenolic OH excluding ortho intramolecular Hbond substituents is 4.